The number of fused-ring (bicyclic) bond motifs is 5. The number of nitrogens with one attached hydrogen (secondary N) is 2. The summed E-state index contributed by atoms with van der Waals surface area (Å²) in [5.41, 5.74) is 3.82. The van der Waals surface area contributed by atoms with E-state index in [2.05, 4.69) is 22.8 Å². The second-order valence-electron chi connectivity index (χ2n) is 10.5. The summed E-state index contributed by atoms with van der Waals surface area (Å²) in [6, 6.07) is 1.20. The molecule has 29 heavy (non-hydrogen) atoms. The predicted molar refractivity (Wildman–Crippen MR) is 113 cm³/mol. The molecule has 5 rings (SSSR count). The highest BCUT2D eigenvalue weighted by atomic mass is 16.5. The van der Waals surface area contributed by atoms with Crippen molar-refractivity contribution < 1.29 is 9.53 Å². The Labute approximate surface area is 176 Å². The number of carbonyl (C=O) groups is 1. The first-order valence-corrected chi connectivity index (χ1v) is 12.2. The van der Waals surface area contributed by atoms with Gasteiger partial charge in [-0.3, -0.25) is 10.2 Å². The van der Waals surface area contributed by atoms with Gasteiger partial charge in [-0.1, -0.05) is 12.8 Å². The van der Waals surface area contributed by atoms with Crippen LogP contribution in [0, 0.1) is 17.8 Å². The van der Waals surface area contributed by atoms with E-state index < -0.39 is 0 Å². The average molecular weight is 405 g/mol. The second kappa shape index (κ2) is 8.45. The maximum atomic E-state index is 12.9. The summed E-state index contributed by atoms with van der Waals surface area (Å²) in [5.74, 6) is 2.67. The molecule has 3 aliphatic heterocycles. The molecule has 4 bridgehead atoms. The molecule has 0 radical (unpaired) electrons. The molecule has 0 aromatic rings. The third-order valence-electron chi connectivity index (χ3n) is 8.74. The molecule has 0 aromatic carbocycles. The molecule has 1 amide bonds. The van der Waals surface area contributed by atoms with E-state index in [1.807, 2.05) is 11.9 Å². The van der Waals surface area contributed by atoms with Gasteiger partial charge >= 0.3 is 0 Å². The van der Waals surface area contributed by atoms with Gasteiger partial charge in [0.05, 0.1) is 18.2 Å². The fourth-order valence-corrected chi connectivity index (χ4v) is 7.39. The molecule has 3 heterocycles. The van der Waals surface area contributed by atoms with Crippen LogP contribution in [0.15, 0.2) is 0 Å². The van der Waals surface area contributed by atoms with Crippen molar-refractivity contribution in [2.45, 2.75) is 94.5 Å². The molecular formula is C23H40N4O2. The first-order chi connectivity index (χ1) is 14.1. The van der Waals surface area contributed by atoms with Crippen LogP contribution in [-0.4, -0.2) is 73.3 Å². The first-order valence-electron chi connectivity index (χ1n) is 12.2. The van der Waals surface area contributed by atoms with Crippen molar-refractivity contribution in [2.24, 2.45) is 17.8 Å². The zero-order valence-electron chi connectivity index (χ0n) is 18.3. The number of hydrogen-bond donors (Lipinski definition) is 2. The van der Waals surface area contributed by atoms with Gasteiger partial charge in [0.25, 0.3) is 0 Å². The third kappa shape index (κ3) is 3.98. The number of nitrogens with zero attached hydrogens (tertiary/aromatic N) is 2. The van der Waals surface area contributed by atoms with Gasteiger partial charge in [0.1, 0.15) is 0 Å². The second-order valence-corrected chi connectivity index (χ2v) is 10.5. The van der Waals surface area contributed by atoms with Gasteiger partial charge in [0.2, 0.25) is 5.91 Å². The minimum atomic E-state index is -0.0581. The Bertz CT molecular complexity index is 601. The van der Waals surface area contributed by atoms with E-state index in [1.54, 1.807) is 0 Å². The predicted octanol–water partition coefficient (Wildman–Crippen LogP) is 2.15. The highest BCUT2D eigenvalue weighted by Gasteiger charge is 2.48. The molecule has 6 nitrogen and oxygen atoms in total. The highest BCUT2D eigenvalue weighted by Crippen LogP contribution is 2.47. The summed E-state index contributed by atoms with van der Waals surface area (Å²) in [5, 5.41) is 5.86. The minimum absolute atomic E-state index is 0.0581. The normalized spacial score (nSPS) is 46.8. The highest BCUT2D eigenvalue weighted by molar-refractivity contribution is 5.82. The van der Waals surface area contributed by atoms with Crippen LogP contribution in [0.1, 0.15) is 64.2 Å². The number of ether oxygens (including phenoxy) is 1. The Balaban J connectivity index is 1.39. The summed E-state index contributed by atoms with van der Waals surface area (Å²) in [4.78, 5) is 14.8. The molecule has 2 N–H and O–H groups in total. The molecule has 3 saturated heterocycles. The van der Waals surface area contributed by atoms with Gasteiger partial charge in [-0.15, -0.1) is 0 Å². The Kier molecular flexibility index (Phi) is 5.89. The van der Waals surface area contributed by atoms with E-state index in [9.17, 15) is 4.79 Å². The van der Waals surface area contributed by atoms with Crippen LogP contribution < -0.4 is 10.7 Å². The van der Waals surface area contributed by atoms with Crippen molar-refractivity contribution >= 4 is 5.91 Å². The van der Waals surface area contributed by atoms with Crippen LogP contribution in [0.5, 0.6) is 0 Å². The quantitative estimate of drug-likeness (QED) is 0.648. The molecule has 6 unspecified atom stereocenters. The van der Waals surface area contributed by atoms with Gasteiger partial charge in [0, 0.05) is 39.3 Å². The van der Waals surface area contributed by atoms with Crippen molar-refractivity contribution in [3.8, 4) is 0 Å². The van der Waals surface area contributed by atoms with Crippen molar-refractivity contribution in [2.75, 3.05) is 27.2 Å². The Morgan fingerprint density at radius 1 is 0.966 bits per heavy atom. The molecule has 5 aliphatic rings. The number of rotatable bonds is 0. The Morgan fingerprint density at radius 3 is 2.72 bits per heavy atom. The Hall–Kier alpha value is -0.690. The van der Waals surface area contributed by atoms with Gasteiger partial charge in [0.15, 0.2) is 0 Å². The van der Waals surface area contributed by atoms with Crippen LogP contribution in [0.25, 0.3) is 0 Å². The van der Waals surface area contributed by atoms with Crippen LogP contribution in [-0.2, 0) is 9.53 Å². The maximum Gasteiger partial charge on any atom is 0.239 e. The summed E-state index contributed by atoms with van der Waals surface area (Å²) in [7, 11) is 4.23. The lowest BCUT2D eigenvalue weighted by atomic mass is 9.64. The fourth-order valence-electron chi connectivity index (χ4n) is 7.39. The maximum absolute atomic E-state index is 12.9. The van der Waals surface area contributed by atoms with E-state index >= 15 is 0 Å². The van der Waals surface area contributed by atoms with Crippen LogP contribution in [0.4, 0.5) is 0 Å². The third-order valence-corrected chi connectivity index (χ3v) is 8.74. The topological polar surface area (TPSA) is 56.8 Å². The van der Waals surface area contributed by atoms with Crippen molar-refractivity contribution in [3.05, 3.63) is 0 Å². The van der Waals surface area contributed by atoms with E-state index in [-0.39, 0.29) is 18.1 Å². The van der Waals surface area contributed by atoms with E-state index in [0.717, 1.165) is 43.7 Å². The number of likely N-dealkylation sites (N-methyl/N-ethyl adjacent to an activating group) is 1. The van der Waals surface area contributed by atoms with Crippen LogP contribution >= 0.6 is 0 Å². The molecule has 8 atom stereocenters. The molecule has 0 aromatic heterocycles. The first kappa shape index (κ1) is 20.2. The molecule has 2 aliphatic carbocycles. The lowest BCUT2D eigenvalue weighted by molar-refractivity contribution is -0.132. The lowest BCUT2D eigenvalue weighted by Gasteiger charge is -2.43. The molecule has 164 valence electrons. The van der Waals surface area contributed by atoms with Crippen LogP contribution in [0.2, 0.25) is 0 Å². The summed E-state index contributed by atoms with van der Waals surface area (Å²) in [6.07, 6.45) is 12.9. The van der Waals surface area contributed by atoms with E-state index in [0.29, 0.717) is 18.2 Å². The fraction of sp³-hybridized carbons (Fsp3) is 0.957. The summed E-state index contributed by atoms with van der Waals surface area (Å²) >= 11 is 0. The smallest absolute Gasteiger partial charge is 0.239 e. The number of amides is 1. The largest absolute Gasteiger partial charge is 0.374 e. The van der Waals surface area contributed by atoms with Gasteiger partial charge < -0.3 is 15.0 Å². The molecule has 0 spiro atoms. The zero-order valence-corrected chi connectivity index (χ0v) is 18.3. The van der Waals surface area contributed by atoms with Gasteiger partial charge in [-0.2, -0.15) is 0 Å². The number of carbonyl (C=O) groups excluding carboxylic acids is 1. The standard InChI is InChI=1S/C23H40N4O2/c1-26-11-5-10-21-22-18(8-4-9-19(22)25-27(21)2)15-6-3-7-16(12-15)29-17-13-20(23(26)28)24-14-17/h15-22,24-25H,3-14H2,1-2H3/t15?,16?,17-,18?,19?,20-,21?,22?/m0/s1. The molecule has 6 heteroatoms. The minimum Gasteiger partial charge on any atom is -0.374 e. The molecular weight excluding hydrogens is 364 g/mol. The summed E-state index contributed by atoms with van der Waals surface area (Å²) < 4.78 is 6.58. The van der Waals surface area contributed by atoms with E-state index in [1.165, 1.54) is 51.4 Å². The van der Waals surface area contributed by atoms with Gasteiger partial charge in [-0.25, -0.2) is 5.01 Å². The van der Waals surface area contributed by atoms with Crippen molar-refractivity contribution in [3.63, 3.8) is 0 Å². The SMILES string of the molecule is CN1CCCC2C3C(CCCC3C3CCCC(C3)O[C@@H]3CN[C@@H](C3)C1=O)NN2C. The average Bonchev–Trinajstić information content (AvgIpc) is 3.31. The van der Waals surface area contributed by atoms with Gasteiger partial charge in [-0.05, 0) is 69.1 Å². The van der Waals surface area contributed by atoms with E-state index in [4.69, 9.17) is 4.74 Å². The molecule has 2 saturated carbocycles. The van der Waals surface area contributed by atoms with Crippen molar-refractivity contribution in [1.29, 1.82) is 0 Å². The van der Waals surface area contributed by atoms with Crippen LogP contribution in [0.3, 0.4) is 0 Å². The number of hydrazine groups is 1. The lowest BCUT2D eigenvalue weighted by Crippen LogP contribution is -2.44. The molecule has 5 fully saturated rings. The number of hydrogen-bond acceptors (Lipinski definition) is 5. The Morgan fingerprint density at radius 2 is 1.83 bits per heavy atom. The monoisotopic (exact) mass is 404 g/mol. The zero-order chi connectivity index (χ0) is 20.0. The van der Waals surface area contributed by atoms with Crippen molar-refractivity contribution in [1.82, 2.24) is 20.7 Å². The summed E-state index contributed by atoms with van der Waals surface area (Å²) in [6.45, 7) is 1.69.